The van der Waals surface area contributed by atoms with Gasteiger partial charge in [0.25, 0.3) is 0 Å². The Balaban J connectivity index is 1.85. The fourth-order valence-electron chi connectivity index (χ4n) is 2.35. The minimum Gasteiger partial charge on any atom is -0.416 e. The first-order valence-corrected chi connectivity index (χ1v) is 7.41. The second-order valence-corrected chi connectivity index (χ2v) is 4.87. The molecule has 2 heterocycles. The van der Waals surface area contributed by atoms with Crippen molar-refractivity contribution in [2.24, 2.45) is 0 Å². The van der Waals surface area contributed by atoms with Crippen LogP contribution >= 0.6 is 0 Å². The van der Waals surface area contributed by atoms with Crippen LogP contribution < -0.4 is 4.90 Å². The van der Waals surface area contributed by atoms with Gasteiger partial charge in [0.1, 0.15) is 0 Å². The molecule has 0 bridgehead atoms. The molecule has 0 fully saturated rings. The quantitative estimate of drug-likeness (QED) is 0.719. The van der Waals surface area contributed by atoms with E-state index in [1.165, 1.54) is 5.69 Å². The van der Waals surface area contributed by atoms with Gasteiger partial charge in [-0.1, -0.05) is 0 Å². The highest BCUT2D eigenvalue weighted by molar-refractivity contribution is 5.61. The second kappa shape index (κ2) is 6.39. The van der Waals surface area contributed by atoms with E-state index in [4.69, 9.17) is 4.42 Å². The van der Waals surface area contributed by atoms with Crippen LogP contribution in [0.2, 0.25) is 0 Å². The first-order chi connectivity index (χ1) is 10.8. The van der Waals surface area contributed by atoms with E-state index in [1.54, 1.807) is 12.4 Å². The van der Waals surface area contributed by atoms with E-state index in [0.717, 1.165) is 24.2 Å². The molecule has 112 valence electrons. The highest BCUT2D eigenvalue weighted by Crippen LogP contribution is 2.25. The van der Waals surface area contributed by atoms with Gasteiger partial charge >= 0.3 is 0 Å². The Hall–Kier alpha value is -2.69. The van der Waals surface area contributed by atoms with Crippen LogP contribution in [0.5, 0.6) is 0 Å². The highest BCUT2D eigenvalue weighted by Gasteiger charge is 2.11. The summed E-state index contributed by atoms with van der Waals surface area (Å²) in [5.41, 5.74) is 2.93. The standard InChI is InChI=1S/C17H18N4O/c1-3-21(4-2)15-9-7-13(8-10-15)16-19-20-17(22-16)14-6-5-11-18-12-14/h5-12H,3-4H2,1-2H3. The fourth-order valence-corrected chi connectivity index (χ4v) is 2.35. The molecule has 22 heavy (non-hydrogen) atoms. The zero-order valence-electron chi connectivity index (χ0n) is 12.7. The van der Waals surface area contributed by atoms with Crippen LogP contribution in [0.15, 0.2) is 53.2 Å². The summed E-state index contributed by atoms with van der Waals surface area (Å²) in [4.78, 5) is 6.35. The maximum absolute atomic E-state index is 5.73. The SMILES string of the molecule is CCN(CC)c1ccc(-c2nnc(-c3cccnc3)o2)cc1. The van der Waals surface area contributed by atoms with Crippen molar-refractivity contribution in [3.63, 3.8) is 0 Å². The van der Waals surface area contributed by atoms with Crippen LogP contribution in [-0.2, 0) is 0 Å². The lowest BCUT2D eigenvalue weighted by molar-refractivity contribution is 0.584. The smallest absolute Gasteiger partial charge is 0.249 e. The Morgan fingerprint density at radius 1 is 0.909 bits per heavy atom. The summed E-state index contributed by atoms with van der Waals surface area (Å²) < 4.78 is 5.73. The molecule has 0 spiro atoms. The second-order valence-electron chi connectivity index (χ2n) is 4.87. The highest BCUT2D eigenvalue weighted by atomic mass is 16.4. The average Bonchev–Trinajstić information content (AvgIpc) is 3.07. The summed E-state index contributed by atoms with van der Waals surface area (Å²) in [6.45, 7) is 6.27. The molecule has 0 amide bonds. The Bertz CT molecular complexity index is 718. The van der Waals surface area contributed by atoms with Crippen LogP contribution in [0, 0.1) is 0 Å². The Morgan fingerprint density at radius 2 is 1.59 bits per heavy atom. The number of pyridine rings is 1. The Kier molecular flexibility index (Phi) is 4.14. The summed E-state index contributed by atoms with van der Waals surface area (Å²) >= 11 is 0. The number of nitrogens with zero attached hydrogens (tertiary/aromatic N) is 4. The number of aromatic nitrogens is 3. The largest absolute Gasteiger partial charge is 0.416 e. The minimum atomic E-state index is 0.482. The van der Waals surface area contributed by atoms with Crippen molar-refractivity contribution >= 4 is 5.69 Å². The molecule has 0 N–H and O–H groups in total. The van der Waals surface area contributed by atoms with Gasteiger partial charge in [-0.2, -0.15) is 0 Å². The number of rotatable bonds is 5. The summed E-state index contributed by atoms with van der Waals surface area (Å²) in [5, 5.41) is 8.21. The van der Waals surface area contributed by atoms with Crippen LogP contribution in [-0.4, -0.2) is 28.3 Å². The number of anilines is 1. The lowest BCUT2D eigenvalue weighted by Gasteiger charge is -2.20. The van der Waals surface area contributed by atoms with Gasteiger partial charge in [-0.05, 0) is 50.2 Å². The molecule has 0 saturated carbocycles. The van der Waals surface area contributed by atoms with Gasteiger partial charge < -0.3 is 9.32 Å². The average molecular weight is 294 g/mol. The van der Waals surface area contributed by atoms with Crippen LogP contribution in [0.25, 0.3) is 22.9 Å². The molecule has 0 aliphatic carbocycles. The van der Waals surface area contributed by atoms with Crippen LogP contribution in [0.4, 0.5) is 5.69 Å². The van der Waals surface area contributed by atoms with Gasteiger partial charge in [-0.3, -0.25) is 4.98 Å². The first kappa shape index (κ1) is 14.3. The number of hydrogen-bond donors (Lipinski definition) is 0. The molecule has 1 aromatic carbocycles. The molecule has 0 atom stereocenters. The Morgan fingerprint density at radius 3 is 2.18 bits per heavy atom. The normalized spacial score (nSPS) is 10.6. The van der Waals surface area contributed by atoms with Gasteiger partial charge in [0.15, 0.2) is 0 Å². The van der Waals surface area contributed by atoms with Crippen molar-refractivity contribution in [1.82, 2.24) is 15.2 Å². The van der Waals surface area contributed by atoms with E-state index in [9.17, 15) is 0 Å². The summed E-state index contributed by atoms with van der Waals surface area (Å²) in [7, 11) is 0. The van der Waals surface area contributed by atoms with Crippen molar-refractivity contribution in [3.05, 3.63) is 48.8 Å². The molecule has 5 heteroatoms. The van der Waals surface area contributed by atoms with Crippen molar-refractivity contribution in [1.29, 1.82) is 0 Å². The van der Waals surface area contributed by atoms with Gasteiger partial charge in [-0.25, -0.2) is 0 Å². The molecule has 2 aromatic heterocycles. The van der Waals surface area contributed by atoms with E-state index < -0.39 is 0 Å². The molecule has 5 nitrogen and oxygen atoms in total. The minimum absolute atomic E-state index is 0.482. The monoisotopic (exact) mass is 294 g/mol. The first-order valence-electron chi connectivity index (χ1n) is 7.41. The summed E-state index contributed by atoms with van der Waals surface area (Å²) in [6, 6.07) is 11.9. The third kappa shape index (κ3) is 2.83. The van der Waals surface area contributed by atoms with Gasteiger partial charge in [0, 0.05) is 36.7 Å². The maximum atomic E-state index is 5.73. The molecular weight excluding hydrogens is 276 g/mol. The van der Waals surface area contributed by atoms with Crippen molar-refractivity contribution in [2.45, 2.75) is 13.8 Å². The van der Waals surface area contributed by atoms with Gasteiger partial charge in [-0.15, -0.1) is 10.2 Å². The lowest BCUT2D eigenvalue weighted by atomic mass is 10.2. The molecule has 0 unspecified atom stereocenters. The van der Waals surface area contributed by atoms with Crippen molar-refractivity contribution in [3.8, 4) is 22.9 Å². The summed E-state index contributed by atoms with van der Waals surface area (Å²) in [5.74, 6) is 1.00. The van der Waals surface area contributed by atoms with Crippen LogP contribution in [0.3, 0.4) is 0 Å². The van der Waals surface area contributed by atoms with Crippen LogP contribution in [0.1, 0.15) is 13.8 Å². The van der Waals surface area contributed by atoms with E-state index in [2.05, 4.69) is 46.1 Å². The fraction of sp³-hybridized carbons (Fsp3) is 0.235. The van der Waals surface area contributed by atoms with E-state index in [1.807, 2.05) is 24.3 Å². The maximum Gasteiger partial charge on any atom is 0.249 e. The predicted molar refractivity (Wildman–Crippen MR) is 86.5 cm³/mol. The van der Waals surface area contributed by atoms with Gasteiger partial charge in [0.05, 0.1) is 5.56 Å². The molecule has 0 saturated heterocycles. The van der Waals surface area contributed by atoms with E-state index >= 15 is 0 Å². The summed E-state index contributed by atoms with van der Waals surface area (Å²) in [6.07, 6.45) is 3.42. The molecule has 0 aliphatic heterocycles. The number of benzene rings is 1. The molecule has 0 radical (unpaired) electrons. The lowest BCUT2D eigenvalue weighted by Crippen LogP contribution is -2.21. The predicted octanol–water partition coefficient (Wildman–Crippen LogP) is 3.64. The Labute approximate surface area is 129 Å². The molecule has 3 aromatic rings. The molecular formula is C17H18N4O. The molecule has 0 aliphatic rings. The third-order valence-electron chi connectivity index (χ3n) is 3.58. The zero-order chi connectivity index (χ0) is 15.4. The number of hydrogen-bond acceptors (Lipinski definition) is 5. The van der Waals surface area contributed by atoms with Crippen molar-refractivity contribution < 1.29 is 4.42 Å². The van der Waals surface area contributed by atoms with Crippen molar-refractivity contribution in [2.75, 3.05) is 18.0 Å². The zero-order valence-corrected chi connectivity index (χ0v) is 12.7. The van der Waals surface area contributed by atoms with E-state index in [0.29, 0.717) is 11.8 Å². The molecule has 3 rings (SSSR count). The van der Waals surface area contributed by atoms with Gasteiger partial charge in [0.2, 0.25) is 11.8 Å². The topological polar surface area (TPSA) is 55.1 Å². The van der Waals surface area contributed by atoms with E-state index in [-0.39, 0.29) is 0 Å². The third-order valence-corrected chi connectivity index (χ3v) is 3.58.